The van der Waals surface area contributed by atoms with E-state index in [2.05, 4.69) is 10.6 Å². The third-order valence-electron chi connectivity index (χ3n) is 3.94. The van der Waals surface area contributed by atoms with Gasteiger partial charge >= 0.3 is 0 Å². The van der Waals surface area contributed by atoms with Crippen LogP contribution in [0.5, 0.6) is 0 Å². The Kier molecular flexibility index (Phi) is 7.21. The van der Waals surface area contributed by atoms with Crippen LogP contribution in [-0.2, 0) is 9.59 Å². The molecule has 0 atom stereocenters. The fourth-order valence-corrected chi connectivity index (χ4v) is 2.68. The second-order valence-corrected chi connectivity index (χ2v) is 6.54. The number of nitrogens with one attached hydrogen (secondary N) is 2. The molecule has 2 rings (SSSR count). The molecule has 0 saturated carbocycles. The summed E-state index contributed by atoms with van der Waals surface area (Å²) in [7, 11) is 1.97. The molecule has 5 nitrogen and oxygen atoms in total. The number of carbonyl (C=O) groups is 2. The lowest BCUT2D eigenvalue weighted by Crippen LogP contribution is -2.30. The van der Waals surface area contributed by atoms with Crippen LogP contribution in [0.3, 0.4) is 0 Å². The summed E-state index contributed by atoms with van der Waals surface area (Å²) in [4.78, 5) is 25.9. The molecule has 2 aromatic rings. The zero-order valence-corrected chi connectivity index (χ0v) is 15.7. The molecular weight excluding hydrogens is 326 g/mol. The molecule has 26 heavy (non-hydrogen) atoms. The van der Waals surface area contributed by atoms with Gasteiger partial charge in [0.2, 0.25) is 11.8 Å². The van der Waals surface area contributed by atoms with Crippen molar-refractivity contribution in [3.8, 4) is 0 Å². The van der Waals surface area contributed by atoms with Gasteiger partial charge in [0.25, 0.3) is 0 Å². The standard InChI is InChI=1S/C21H27N3O2/c1-16(2)22-20(25)14-9-15-21(26)23-18-12-7-8-13-19(18)24(3)17-10-5-4-6-11-17/h4-8,10-13,16H,9,14-15H2,1-3H3,(H,22,25)(H,23,26). The fourth-order valence-electron chi connectivity index (χ4n) is 2.68. The number of para-hydroxylation sites is 3. The van der Waals surface area contributed by atoms with Crippen molar-refractivity contribution in [3.63, 3.8) is 0 Å². The van der Waals surface area contributed by atoms with Crippen LogP contribution in [0.1, 0.15) is 33.1 Å². The van der Waals surface area contributed by atoms with E-state index in [9.17, 15) is 9.59 Å². The Morgan fingerprint density at radius 2 is 1.54 bits per heavy atom. The SMILES string of the molecule is CC(C)NC(=O)CCCC(=O)Nc1ccccc1N(C)c1ccccc1. The van der Waals surface area contributed by atoms with Crippen molar-refractivity contribution in [2.24, 2.45) is 0 Å². The summed E-state index contributed by atoms with van der Waals surface area (Å²) in [6, 6.07) is 17.8. The molecule has 0 aliphatic rings. The van der Waals surface area contributed by atoms with Gasteiger partial charge in [-0.25, -0.2) is 0 Å². The van der Waals surface area contributed by atoms with Gasteiger partial charge in [0.15, 0.2) is 0 Å². The smallest absolute Gasteiger partial charge is 0.224 e. The van der Waals surface area contributed by atoms with Crippen LogP contribution >= 0.6 is 0 Å². The minimum atomic E-state index is -0.0868. The average molecular weight is 353 g/mol. The number of amides is 2. The highest BCUT2D eigenvalue weighted by molar-refractivity contribution is 5.95. The third-order valence-corrected chi connectivity index (χ3v) is 3.94. The first kappa shape index (κ1) is 19.5. The maximum Gasteiger partial charge on any atom is 0.224 e. The lowest BCUT2D eigenvalue weighted by atomic mass is 10.2. The number of rotatable bonds is 8. The predicted octanol–water partition coefficient (Wildman–Crippen LogP) is 4.09. The zero-order chi connectivity index (χ0) is 18.9. The van der Waals surface area contributed by atoms with E-state index in [0.29, 0.717) is 19.3 Å². The van der Waals surface area contributed by atoms with Crippen molar-refractivity contribution in [2.45, 2.75) is 39.2 Å². The van der Waals surface area contributed by atoms with E-state index >= 15 is 0 Å². The maximum absolute atomic E-state index is 12.3. The van der Waals surface area contributed by atoms with E-state index in [-0.39, 0.29) is 17.9 Å². The van der Waals surface area contributed by atoms with Gasteiger partial charge in [0.1, 0.15) is 0 Å². The van der Waals surface area contributed by atoms with Gasteiger partial charge in [0.05, 0.1) is 11.4 Å². The summed E-state index contributed by atoms with van der Waals surface area (Å²) in [5.74, 6) is -0.103. The summed E-state index contributed by atoms with van der Waals surface area (Å²) in [5, 5.41) is 5.79. The second kappa shape index (κ2) is 9.61. The fraction of sp³-hybridized carbons (Fsp3) is 0.333. The van der Waals surface area contributed by atoms with Gasteiger partial charge in [-0.2, -0.15) is 0 Å². The highest BCUT2D eigenvalue weighted by Crippen LogP contribution is 2.30. The van der Waals surface area contributed by atoms with Crippen LogP contribution in [-0.4, -0.2) is 24.9 Å². The van der Waals surface area contributed by atoms with Crippen molar-refractivity contribution < 1.29 is 9.59 Å². The summed E-state index contributed by atoms with van der Waals surface area (Å²) in [6.45, 7) is 3.84. The molecule has 0 fully saturated rings. The van der Waals surface area contributed by atoms with Crippen LogP contribution in [0.15, 0.2) is 54.6 Å². The molecule has 0 aliphatic carbocycles. The molecule has 138 valence electrons. The van der Waals surface area contributed by atoms with Crippen molar-refractivity contribution in [1.82, 2.24) is 5.32 Å². The van der Waals surface area contributed by atoms with E-state index in [1.165, 1.54) is 0 Å². The average Bonchev–Trinajstić information content (AvgIpc) is 2.61. The molecule has 2 amide bonds. The topological polar surface area (TPSA) is 61.4 Å². The Hall–Kier alpha value is -2.82. The minimum absolute atomic E-state index is 0.0167. The summed E-state index contributed by atoms with van der Waals surface area (Å²) < 4.78 is 0. The number of hydrogen-bond acceptors (Lipinski definition) is 3. The third kappa shape index (κ3) is 5.92. The second-order valence-electron chi connectivity index (χ2n) is 6.54. The Bertz CT molecular complexity index is 729. The first-order chi connectivity index (χ1) is 12.5. The van der Waals surface area contributed by atoms with E-state index in [1.54, 1.807) is 0 Å². The molecule has 0 saturated heterocycles. The number of hydrogen-bond donors (Lipinski definition) is 2. The zero-order valence-electron chi connectivity index (χ0n) is 15.7. The maximum atomic E-state index is 12.3. The molecule has 0 heterocycles. The van der Waals surface area contributed by atoms with Crippen molar-refractivity contribution in [3.05, 3.63) is 54.6 Å². The van der Waals surface area contributed by atoms with Gasteiger partial charge in [0, 0.05) is 31.6 Å². The molecule has 0 unspecified atom stereocenters. The normalized spacial score (nSPS) is 10.5. The van der Waals surface area contributed by atoms with Gasteiger partial charge in [-0.1, -0.05) is 30.3 Å². The molecule has 0 aliphatic heterocycles. The number of benzene rings is 2. The van der Waals surface area contributed by atoms with Crippen molar-refractivity contribution in [1.29, 1.82) is 0 Å². The highest BCUT2D eigenvalue weighted by atomic mass is 16.2. The van der Waals surface area contributed by atoms with Crippen LogP contribution < -0.4 is 15.5 Å². The lowest BCUT2D eigenvalue weighted by molar-refractivity contribution is -0.121. The number of carbonyl (C=O) groups excluding carboxylic acids is 2. The molecule has 0 spiro atoms. The Balaban J connectivity index is 1.95. The largest absolute Gasteiger partial charge is 0.354 e. The summed E-state index contributed by atoms with van der Waals surface area (Å²) >= 11 is 0. The monoisotopic (exact) mass is 353 g/mol. The first-order valence-corrected chi connectivity index (χ1v) is 8.94. The van der Waals surface area contributed by atoms with Crippen molar-refractivity contribution >= 4 is 28.9 Å². The van der Waals surface area contributed by atoms with Crippen LogP contribution in [0, 0.1) is 0 Å². The van der Waals surface area contributed by atoms with Gasteiger partial charge in [-0.15, -0.1) is 0 Å². The number of nitrogens with zero attached hydrogens (tertiary/aromatic N) is 1. The lowest BCUT2D eigenvalue weighted by Gasteiger charge is -2.22. The summed E-state index contributed by atoms with van der Waals surface area (Å²) in [5.41, 5.74) is 2.72. The molecule has 2 aromatic carbocycles. The van der Waals surface area contributed by atoms with Gasteiger partial charge in [-0.3, -0.25) is 9.59 Å². The minimum Gasteiger partial charge on any atom is -0.354 e. The quantitative estimate of drug-likeness (QED) is 0.751. The number of anilines is 3. The van der Waals surface area contributed by atoms with E-state index < -0.39 is 0 Å². The van der Waals surface area contributed by atoms with Gasteiger partial charge < -0.3 is 15.5 Å². The predicted molar refractivity (Wildman–Crippen MR) is 107 cm³/mol. The van der Waals surface area contributed by atoms with E-state index in [1.807, 2.05) is 80.4 Å². The molecule has 2 N–H and O–H groups in total. The molecule has 0 bridgehead atoms. The van der Waals surface area contributed by atoms with Crippen LogP contribution in [0.2, 0.25) is 0 Å². The van der Waals surface area contributed by atoms with Crippen LogP contribution in [0.4, 0.5) is 17.1 Å². The van der Waals surface area contributed by atoms with E-state index in [0.717, 1.165) is 17.1 Å². The Morgan fingerprint density at radius 1 is 0.923 bits per heavy atom. The first-order valence-electron chi connectivity index (χ1n) is 8.94. The van der Waals surface area contributed by atoms with Crippen LogP contribution in [0.25, 0.3) is 0 Å². The molecule has 5 heteroatoms. The highest BCUT2D eigenvalue weighted by Gasteiger charge is 2.12. The van der Waals surface area contributed by atoms with Crippen molar-refractivity contribution in [2.75, 3.05) is 17.3 Å². The molecular formula is C21H27N3O2. The molecule has 0 radical (unpaired) electrons. The Morgan fingerprint density at radius 3 is 2.23 bits per heavy atom. The van der Waals surface area contributed by atoms with E-state index in [4.69, 9.17) is 0 Å². The Labute approximate surface area is 155 Å². The molecule has 0 aromatic heterocycles. The van der Waals surface area contributed by atoms with Gasteiger partial charge in [-0.05, 0) is 44.5 Å². The summed E-state index contributed by atoms with van der Waals surface area (Å²) in [6.07, 6.45) is 1.20.